The van der Waals surface area contributed by atoms with Crippen LogP contribution in [0, 0.1) is 16.2 Å². The van der Waals surface area contributed by atoms with E-state index in [-0.39, 0.29) is 23.2 Å². The van der Waals surface area contributed by atoms with Gasteiger partial charge in [0, 0.05) is 17.5 Å². The maximum atomic E-state index is 12.1. The van der Waals surface area contributed by atoms with Crippen molar-refractivity contribution in [2.45, 2.75) is 46.5 Å². The molecule has 2 saturated carbocycles. The maximum Gasteiger partial charge on any atom is 0.310 e. The molecule has 0 radical (unpaired) electrons. The molecule has 2 aliphatic carbocycles. The summed E-state index contributed by atoms with van der Waals surface area (Å²) in [6.45, 7) is 6.11. The Kier molecular flexibility index (Phi) is 3.78. The number of amides is 1. The Hall–Kier alpha value is -2.17. The quantitative estimate of drug-likeness (QED) is 0.834. The van der Waals surface area contributed by atoms with E-state index in [4.69, 9.17) is 0 Å². The molecular formula is C19H24N2O3. The number of aliphatic carboxylic acids is 1. The number of carbonyl (C=O) groups excluding carboxylic acids is 1. The van der Waals surface area contributed by atoms with Crippen LogP contribution in [0.2, 0.25) is 0 Å². The predicted molar refractivity (Wildman–Crippen MR) is 91.5 cm³/mol. The molecular weight excluding hydrogens is 304 g/mol. The fourth-order valence-corrected chi connectivity index (χ4v) is 4.48. The van der Waals surface area contributed by atoms with E-state index >= 15 is 0 Å². The molecule has 5 nitrogen and oxygen atoms in total. The molecule has 2 bridgehead atoms. The standard InChI is InChI=1S/C19H24N2O3/c1-17(2)18(3)9-10-19(17,16(23)24)12-14(18)20-21-15(22)11-13-7-5-4-6-8-13/h4-8H,9-12H2,1-3H3,(H,21,22)(H,23,24). The molecule has 1 aromatic carbocycles. The molecule has 2 N–H and O–H groups in total. The molecule has 0 spiro atoms. The molecule has 1 amide bonds. The van der Waals surface area contributed by atoms with Crippen molar-refractivity contribution in [2.75, 3.05) is 0 Å². The van der Waals surface area contributed by atoms with Gasteiger partial charge in [-0.25, -0.2) is 5.43 Å². The lowest BCUT2D eigenvalue weighted by molar-refractivity contribution is -0.154. The molecule has 0 heterocycles. The molecule has 24 heavy (non-hydrogen) atoms. The van der Waals surface area contributed by atoms with Gasteiger partial charge >= 0.3 is 5.97 Å². The van der Waals surface area contributed by atoms with Crippen molar-refractivity contribution in [2.24, 2.45) is 21.3 Å². The molecule has 2 aliphatic rings. The van der Waals surface area contributed by atoms with Gasteiger partial charge in [-0.3, -0.25) is 9.59 Å². The van der Waals surface area contributed by atoms with Gasteiger partial charge < -0.3 is 5.11 Å². The van der Waals surface area contributed by atoms with E-state index in [9.17, 15) is 14.7 Å². The smallest absolute Gasteiger partial charge is 0.310 e. The number of nitrogens with one attached hydrogen (secondary N) is 1. The van der Waals surface area contributed by atoms with Crippen LogP contribution in [0.4, 0.5) is 0 Å². The minimum absolute atomic E-state index is 0.178. The fourth-order valence-electron chi connectivity index (χ4n) is 4.48. The number of carboxylic acids is 1. The lowest BCUT2D eigenvalue weighted by Crippen LogP contribution is -2.40. The summed E-state index contributed by atoms with van der Waals surface area (Å²) in [5, 5.41) is 14.1. The number of fused-ring (bicyclic) bond motifs is 2. The number of hydrogen-bond acceptors (Lipinski definition) is 3. The van der Waals surface area contributed by atoms with Crippen molar-refractivity contribution in [3.05, 3.63) is 35.9 Å². The second-order valence-electron chi connectivity index (χ2n) is 7.78. The Balaban J connectivity index is 1.77. The third-order valence-corrected chi connectivity index (χ3v) is 6.67. The Labute approximate surface area is 142 Å². The third kappa shape index (κ3) is 2.18. The highest BCUT2D eigenvalue weighted by atomic mass is 16.4. The number of hydrazone groups is 1. The Bertz CT molecular complexity index is 711. The van der Waals surface area contributed by atoms with Crippen molar-refractivity contribution in [1.82, 2.24) is 5.43 Å². The van der Waals surface area contributed by atoms with E-state index in [1.54, 1.807) is 0 Å². The molecule has 128 valence electrons. The zero-order valence-electron chi connectivity index (χ0n) is 14.4. The molecule has 5 heteroatoms. The number of carbonyl (C=O) groups is 2. The van der Waals surface area contributed by atoms with Gasteiger partial charge in [0.05, 0.1) is 11.8 Å². The highest BCUT2D eigenvalue weighted by Gasteiger charge is 2.71. The van der Waals surface area contributed by atoms with Gasteiger partial charge in [-0.1, -0.05) is 51.1 Å². The topological polar surface area (TPSA) is 78.8 Å². The summed E-state index contributed by atoms with van der Waals surface area (Å²) in [5.41, 5.74) is 2.93. The largest absolute Gasteiger partial charge is 0.481 e. The lowest BCUT2D eigenvalue weighted by Gasteiger charge is -2.37. The molecule has 0 aromatic heterocycles. The average Bonchev–Trinajstić information content (AvgIpc) is 2.84. The molecule has 0 saturated heterocycles. The van der Waals surface area contributed by atoms with Gasteiger partial charge in [0.25, 0.3) is 0 Å². The Morgan fingerprint density at radius 2 is 1.83 bits per heavy atom. The zero-order valence-corrected chi connectivity index (χ0v) is 14.4. The van der Waals surface area contributed by atoms with Crippen LogP contribution in [-0.4, -0.2) is 22.7 Å². The summed E-state index contributed by atoms with van der Waals surface area (Å²) in [7, 11) is 0. The lowest BCUT2D eigenvalue weighted by atomic mass is 9.65. The SMILES string of the molecule is CC12CCC(C(=O)O)(CC1=NNC(=O)Cc1ccccc1)C2(C)C. The Morgan fingerprint density at radius 3 is 2.42 bits per heavy atom. The second kappa shape index (κ2) is 5.43. The van der Waals surface area contributed by atoms with E-state index in [2.05, 4.69) is 17.5 Å². The van der Waals surface area contributed by atoms with E-state index in [1.165, 1.54) is 0 Å². The minimum atomic E-state index is -0.773. The fraction of sp³-hybridized carbons (Fsp3) is 0.526. The molecule has 2 fully saturated rings. The first-order valence-corrected chi connectivity index (χ1v) is 8.36. The van der Waals surface area contributed by atoms with Crippen molar-refractivity contribution < 1.29 is 14.7 Å². The van der Waals surface area contributed by atoms with Crippen LogP contribution in [0.25, 0.3) is 0 Å². The summed E-state index contributed by atoms with van der Waals surface area (Å²) in [4.78, 5) is 24.0. The van der Waals surface area contributed by atoms with Crippen LogP contribution in [0.15, 0.2) is 35.4 Å². The third-order valence-electron chi connectivity index (χ3n) is 6.67. The number of nitrogens with zero attached hydrogens (tertiary/aromatic N) is 1. The van der Waals surface area contributed by atoms with Gasteiger partial charge in [0.1, 0.15) is 0 Å². The molecule has 2 unspecified atom stereocenters. The zero-order chi connectivity index (χ0) is 17.6. The predicted octanol–water partition coefficient (Wildman–Crippen LogP) is 3.00. The summed E-state index contributed by atoms with van der Waals surface area (Å²) >= 11 is 0. The number of carboxylic acid groups (broad SMARTS) is 1. The van der Waals surface area contributed by atoms with E-state index in [1.807, 2.05) is 44.2 Å². The molecule has 0 aliphatic heterocycles. The van der Waals surface area contributed by atoms with Crippen LogP contribution in [0.3, 0.4) is 0 Å². The second-order valence-corrected chi connectivity index (χ2v) is 7.78. The normalized spacial score (nSPS) is 32.0. The Morgan fingerprint density at radius 1 is 1.17 bits per heavy atom. The highest BCUT2D eigenvalue weighted by Crippen LogP contribution is 2.70. The molecule has 3 rings (SSSR count). The van der Waals surface area contributed by atoms with Crippen molar-refractivity contribution in [3.63, 3.8) is 0 Å². The van der Waals surface area contributed by atoms with Crippen molar-refractivity contribution >= 4 is 17.6 Å². The number of benzene rings is 1. The summed E-state index contributed by atoms with van der Waals surface area (Å²) in [6, 6.07) is 9.49. The maximum absolute atomic E-state index is 12.1. The van der Waals surface area contributed by atoms with Crippen LogP contribution in [0.1, 0.15) is 45.6 Å². The number of rotatable bonds is 4. The van der Waals surface area contributed by atoms with E-state index in [0.29, 0.717) is 12.8 Å². The highest BCUT2D eigenvalue weighted by molar-refractivity contribution is 6.01. The van der Waals surface area contributed by atoms with Crippen molar-refractivity contribution in [1.29, 1.82) is 0 Å². The van der Waals surface area contributed by atoms with E-state index < -0.39 is 11.4 Å². The van der Waals surface area contributed by atoms with Crippen LogP contribution in [0.5, 0.6) is 0 Å². The average molecular weight is 328 g/mol. The minimum Gasteiger partial charge on any atom is -0.481 e. The molecule has 1 aromatic rings. The summed E-state index contributed by atoms with van der Waals surface area (Å²) in [6.07, 6.45) is 2.14. The monoisotopic (exact) mass is 328 g/mol. The van der Waals surface area contributed by atoms with Crippen molar-refractivity contribution in [3.8, 4) is 0 Å². The van der Waals surface area contributed by atoms with Crippen LogP contribution < -0.4 is 5.43 Å². The van der Waals surface area contributed by atoms with Gasteiger partial charge in [0.15, 0.2) is 0 Å². The van der Waals surface area contributed by atoms with Gasteiger partial charge in [-0.2, -0.15) is 5.10 Å². The molecule has 2 atom stereocenters. The number of hydrogen-bond donors (Lipinski definition) is 2. The van der Waals surface area contributed by atoms with Gasteiger partial charge in [-0.05, 0) is 23.8 Å². The first kappa shape index (κ1) is 16.7. The van der Waals surface area contributed by atoms with Gasteiger partial charge in [-0.15, -0.1) is 0 Å². The first-order valence-electron chi connectivity index (χ1n) is 8.36. The van der Waals surface area contributed by atoms with Crippen LogP contribution >= 0.6 is 0 Å². The van der Waals surface area contributed by atoms with E-state index in [0.717, 1.165) is 17.7 Å². The summed E-state index contributed by atoms with van der Waals surface area (Å²) < 4.78 is 0. The first-order chi connectivity index (χ1) is 11.2. The van der Waals surface area contributed by atoms with Crippen LogP contribution in [-0.2, 0) is 16.0 Å². The van der Waals surface area contributed by atoms with Gasteiger partial charge in [0.2, 0.25) is 5.91 Å². The summed E-state index contributed by atoms with van der Waals surface area (Å²) in [5.74, 6) is -0.931.